The Labute approximate surface area is 168 Å². The van der Waals surface area contributed by atoms with E-state index in [9.17, 15) is 4.79 Å². The average molecular weight is 386 g/mol. The van der Waals surface area contributed by atoms with Crippen molar-refractivity contribution < 1.29 is 4.79 Å². The third kappa shape index (κ3) is 3.08. The van der Waals surface area contributed by atoms with Gasteiger partial charge in [0, 0.05) is 42.5 Å². The number of hydrogen-bond acceptors (Lipinski definition) is 4. The zero-order valence-electron chi connectivity index (χ0n) is 16.2. The maximum absolute atomic E-state index is 13.3. The van der Waals surface area contributed by atoms with Gasteiger partial charge in [0.25, 0.3) is 5.91 Å². The molecule has 29 heavy (non-hydrogen) atoms. The van der Waals surface area contributed by atoms with Crippen LogP contribution in [-0.4, -0.2) is 48.7 Å². The second-order valence-electron chi connectivity index (χ2n) is 7.51. The van der Waals surface area contributed by atoms with Crippen LogP contribution in [0.4, 0.5) is 0 Å². The van der Waals surface area contributed by atoms with Gasteiger partial charge in [-0.05, 0) is 25.3 Å². The normalized spacial score (nSPS) is 17.0. The van der Waals surface area contributed by atoms with E-state index >= 15 is 0 Å². The lowest BCUT2D eigenvalue weighted by Crippen LogP contribution is -2.39. The predicted octanol–water partition coefficient (Wildman–Crippen LogP) is 3.45. The van der Waals surface area contributed by atoms with E-state index < -0.39 is 0 Å². The van der Waals surface area contributed by atoms with Gasteiger partial charge < -0.3 is 4.90 Å². The molecular formula is C22H22N6O. The van der Waals surface area contributed by atoms with E-state index in [1.165, 1.54) is 0 Å². The standard InChI is InChI=1S/C22H22N6O/c1-15-18(12-23-20-9-10-25-28(15)20)22(29)27-11-5-8-17(14-27)21-19(13-24-26-21)16-6-3-2-4-7-16/h2-4,6-7,9-10,12-13,17H,5,8,11,14H2,1H3,(H,24,26). The first-order chi connectivity index (χ1) is 14.2. The topological polar surface area (TPSA) is 79.2 Å². The summed E-state index contributed by atoms with van der Waals surface area (Å²) in [5, 5.41) is 11.8. The van der Waals surface area contributed by atoms with Crippen molar-refractivity contribution in [2.45, 2.75) is 25.7 Å². The molecule has 1 saturated heterocycles. The Balaban J connectivity index is 1.42. The van der Waals surface area contributed by atoms with Crippen molar-refractivity contribution in [3.63, 3.8) is 0 Å². The van der Waals surface area contributed by atoms with Gasteiger partial charge in [-0.15, -0.1) is 0 Å². The summed E-state index contributed by atoms with van der Waals surface area (Å²) in [6.45, 7) is 3.33. The Hall–Kier alpha value is -3.48. The van der Waals surface area contributed by atoms with Gasteiger partial charge in [-0.3, -0.25) is 9.89 Å². The minimum Gasteiger partial charge on any atom is -0.338 e. The number of carbonyl (C=O) groups excluding carboxylic acids is 1. The van der Waals surface area contributed by atoms with Gasteiger partial charge in [0.15, 0.2) is 5.65 Å². The summed E-state index contributed by atoms with van der Waals surface area (Å²) in [5.74, 6) is 0.241. The van der Waals surface area contributed by atoms with Crippen molar-refractivity contribution in [2.24, 2.45) is 0 Å². The van der Waals surface area contributed by atoms with E-state index in [1.807, 2.05) is 42.3 Å². The number of H-pyrrole nitrogens is 1. The number of aromatic amines is 1. The zero-order chi connectivity index (χ0) is 19.8. The molecule has 1 aliphatic rings. The number of aryl methyl sites for hydroxylation is 1. The molecule has 0 bridgehead atoms. The molecule has 146 valence electrons. The summed E-state index contributed by atoms with van der Waals surface area (Å²) < 4.78 is 1.72. The predicted molar refractivity (Wildman–Crippen MR) is 110 cm³/mol. The Morgan fingerprint density at radius 1 is 1.17 bits per heavy atom. The van der Waals surface area contributed by atoms with Crippen LogP contribution in [0.15, 0.2) is 55.0 Å². The lowest BCUT2D eigenvalue weighted by atomic mass is 9.90. The molecule has 1 amide bonds. The van der Waals surface area contributed by atoms with Gasteiger partial charge in [-0.25, -0.2) is 9.50 Å². The molecule has 1 aliphatic heterocycles. The number of nitrogens with one attached hydrogen (secondary N) is 1. The van der Waals surface area contributed by atoms with E-state index in [0.29, 0.717) is 12.1 Å². The summed E-state index contributed by atoms with van der Waals surface area (Å²) in [5.41, 5.74) is 5.53. The van der Waals surface area contributed by atoms with Gasteiger partial charge in [-0.1, -0.05) is 30.3 Å². The van der Waals surface area contributed by atoms with E-state index in [-0.39, 0.29) is 11.8 Å². The summed E-state index contributed by atoms with van der Waals surface area (Å²) >= 11 is 0. The number of fused-ring (bicyclic) bond motifs is 1. The molecule has 4 aromatic rings. The van der Waals surface area contributed by atoms with Crippen molar-refractivity contribution in [3.8, 4) is 11.1 Å². The number of piperidine rings is 1. The van der Waals surface area contributed by atoms with Crippen molar-refractivity contribution in [1.82, 2.24) is 29.7 Å². The van der Waals surface area contributed by atoms with Crippen LogP contribution >= 0.6 is 0 Å². The molecule has 0 spiro atoms. The highest BCUT2D eigenvalue weighted by molar-refractivity contribution is 5.95. The number of rotatable bonds is 3. The molecule has 1 atom stereocenters. The highest BCUT2D eigenvalue weighted by Gasteiger charge is 2.29. The maximum atomic E-state index is 13.3. The largest absolute Gasteiger partial charge is 0.338 e. The molecule has 0 saturated carbocycles. The minimum absolute atomic E-state index is 0.0119. The van der Waals surface area contributed by atoms with Crippen LogP contribution in [0.25, 0.3) is 16.8 Å². The molecule has 1 N–H and O–H groups in total. The van der Waals surface area contributed by atoms with Crippen LogP contribution in [0, 0.1) is 6.92 Å². The van der Waals surface area contributed by atoms with Gasteiger partial charge in [0.2, 0.25) is 0 Å². The number of likely N-dealkylation sites (tertiary alicyclic amines) is 1. The molecule has 1 fully saturated rings. The first kappa shape index (κ1) is 17.6. The average Bonchev–Trinajstić information content (AvgIpc) is 3.44. The van der Waals surface area contributed by atoms with Crippen LogP contribution in [0.3, 0.4) is 0 Å². The number of hydrogen-bond donors (Lipinski definition) is 1. The fourth-order valence-corrected chi connectivity index (χ4v) is 4.22. The van der Waals surface area contributed by atoms with Crippen LogP contribution in [0.2, 0.25) is 0 Å². The molecule has 4 heterocycles. The molecular weight excluding hydrogens is 364 g/mol. The molecule has 3 aromatic heterocycles. The van der Waals surface area contributed by atoms with E-state index in [4.69, 9.17) is 0 Å². The van der Waals surface area contributed by atoms with Crippen LogP contribution < -0.4 is 0 Å². The van der Waals surface area contributed by atoms with Crippen LogP contribution in [-0.2, 0) is 0 Å². The molecule has 1 unspecified atom stereocenters. The number of carbonyl (C=O) groups is 1. The smallest absolute Gasteiger partial charge is 0.257 e. The lowest BCUT2D eigenvalue weighted by Gasteiger charge is -2.33. The molecule has 1 aromatic carbocycles. The quantitative estimate of drug-likeness (QED) is 0.585. The fraction of sp³-hybridized carbons (Fsp3) is 0.273. The van der Waals surface area contributed by atoms with Gasteiger partial charge in [0.1, 0.15) is 0 Å². The SMILES string of the molecule is Cc1c(C(=O)N2CCCC(c3[nH]ncc3-c3ccccc3)C2)cnc2ccnn12. The molecule has 0 radical (unpaired) electrons. The highest BCUT2D eigenvalue weighted by Crippen LogP contribution is 2.33. The second kappa shape index (κ2) is 7.16. The highest BCUT2D eigenvalue weighted by atomic mass is 16.2. The molecule has 5 rings (SSSR count). The number of aromatic nitrogens is 5. The van der Waals surface area contributed by atoms with Crippen molar-refractivity contribution in [2.75, 3.05) is 13.1 Å². The third-order valence-corrected chi connectivity index (χ3v) is 5.76. The molecule has 0 aliphatic carbocycles. The first-order valence-electron chi connectivity index (χ1n) is 9.89. The summed E-state index contributed by atoms with van der Waals surface area (Å²) in [6.07, 6.45) is 7.24. The van der Waals surface area contributed by atoms with Crippen molar-refractivity contribution >= 4 is 11.6 Å². The van der Waals surface area contributed by atoms with Gasteiger partial charge >= 0.3 is 0 Å². The Morgan fingerprint density at radius 2 is 2.03 bits per heavy atom. The summed E-state index contributed by atoms with van der Waals surface area (Å²) in [6, 6.07) is 12.1. The van der Waals surface area contributed by atoms with Crippen LogP contribution in [0.1, 0.15) is 40.5 Å². The number of nitrogens with zero attached hydrogens (tertiary/aromatic N) is 5. The third-order valence-electron chi connectivity index (χ3n) is 5.76. The van der Waals surface area contributed by atoms with Crippen LogP contribution in [0.5, 0.6) is 0 Å². The number of amides is 1. The maximum Gasteiger partial charge on any atom is 0.257 e. The second-order valence-corrected chi connectivity index (χ2v) is 7.51. The fourth-order valence-electron chi connectivity index (χ4n) is 4.22. The Morgan fingerprint density at radius 3 is 2.90 bits per heavy atom. The summed E-state index contributed by atoms with van der Waals surface area (Å²) in [7, 11) is 0. The summed E-state index contributed by atoms with van der Waals surface area (Å²) in [4.78, 5) is 19.6. The molecule has 7 heteroatoms. The first-order valence-corrected chi connectivity index (χ1v) is 9.89. The zero-order valence-corrected chi connectivity index (χ0v) is 16.2. The Bertz CT molecular complexity index is 1160. The van der Waals surface area contributed by atoms with E-state index in [0.717, 1.165) is 47.5 Å². The van der Waals surface area contributed by atoms with E-state index in [2.05, 4.69) is 32.4 Å². The Kier molecular flexibility index (Phi) is 4.35. The lowest BCUT2D eigenvalue weighted by molar-refractivity contribution is 0.0704. The monoisotopic (exact) mass is 386 g/mol. The van der Waals surface area contributed by atoms with Crippen molar-refractivity contribution in [1.29, 1.82) is 0 Å². The molecule has 7 nitrogen and oxygen atoms in total. The minimum atomic E-state index is 0.0119. The van der Waals surface area contributed by atoms with Gasteiger partial charge in [0.05, 0.1) is 23.7 Å². The van der Waals surface area contributed by atoms with Gasteiger partial charge in [-0.2, -0.15) is 10.2 Å². The van der Waals surface area contributed by atoms with Crippen molar-refractivity contribution in [3.05, 3.63) is 71.9 Å². The van der Waals surface area contributed by atoms with E-state index in [1.54, 1.807) is 16.9 Å². The number of benzene rings is 1.